The lowest BCUT2D eigenvalue weighted by Crippen LogP contribution is -2.29. The smallest absolute Gasteiger partial charge is 0.137 e. The highest BCUT2D eigenvalue weighted by molar-refractivity contribution is 6.08. The van der Waals surface area contributed by atoms with E-state index in [2.05, 4.69) is 324 Å². The molecule has 0 fully saturated rings. The fraction of sp³-hybridized carbons (Fsp3) is 0.0159. The van der Waals surface area contributed by atoms with Gasteiger partial charge in [0.25, 0.3) is 0 Å². The second-order valence-electron chi connectivity index (χ2n) is 34.8. The lowest BCUT2D eigenvalue weighted by Gasteiger charge is -2.35. The number of halogens is 6. The largest absolute Gasteiger partial charge is 0.456 e. The molecule has 11 heteroatoms. The van der Waals surface area contributed by atoms with E-state index in [1.807, 2.05) is 60.7 Å². The summed E-state index contributed by atoms with van der Waals surface area (Å²) in [4.78, 5) is 8.43. The van der Waals surface area contributed by atoms with E-state index in [0.29, 0.717) is 11.2 Å². The minimum absolute atomic E-state index is 0.331. The molecule has 2 aliphatic rings. The Morgan fingerprint density at radius 3 is 0.650 bits per heavy atom. The van der Waals surface area contributed by atoms with Crippen molar-refractivity contribution in [1.29, 1.82) is 0 Å². The molecule has 0 amide bonds. The molecule has 1 heterocycles. The molecule has 0 spiro atoms. The Kier molecular flexibility index (Phi) is 21.1. The van der Waals surface area contributed by atoms with Gasteiger partial charge in [-0.2, -0.15) is 0 Å². The van der Waals surface area contributed by atoms with Crippen molar-refractivity contribution < 1.29 is 30.8 Å². The molecule has 20 aromatic carbocycles. The van der Waals surface area contributed by atoms with Crippen molar-refractivity contribution in [1.82, 2.24) is 0 Å². The number of hydrogen-bond donors (Lipinski definition) is 0. The summed E-state index contributed by atoms with van der Waals surface area (Å²) in [6, 6.07) is 149. The van der Waals surface area contributed by atoms with Crippen LogP contribution in [0.1, 0.15) is 55.6 Å². The highest BCUT2D eigenvalue weighted by Gasteiger charge is 2.49. The number of fused-ring (bicyclic) bond motifs is 9. The molecule has 21 aromatic rings. The van der Waals surface area contributed by atoms with Gasteiger partial charge in [0.15, 0.2) is 0 Å². The van der Waals surface area contributed by atoms with E-state index in [1.165, 1.54) is 72.8 Å². The van der Waals surface area contributed by atoms with Gasteiger partial charge in [-0.15, -0.1) is 0 Å². The van der Waals surface area contributed by atoms with Crippen LogP contribution in [0, 0.1) is 34.9 Å². The molecule has 2 aliphatic carbocycles. The maximum absolute atomic E-state index is 15.2. The third kappa shape index (κ3) is 14.9. The molecule has 0 saturated heterocycles. The molecule has 0 aliphatic heterocycles. The molecular weight excluding hydrogens is 1700 g/mol. The molecule has 137 heavy (non-hydrogen) atoms. The zero-order valence-corrected chi connectivity index (χ0v) is 73.9. The Labute approximate surface area is 789 Å². The molecule has 5 nitrogen and oxygen atoms in total. The predicted molar refractivity (Wildman–Crippen MR) is 549 cm³/mol. The minimum Gasteiger partial charge on any atom is -0.456 e. The van der Waals surface area contributed by atoms with Crippen LogP contribution in [0.2, 0.25) is 0 Å². The summed E-state index contributed by atoms with van der Waals surface area (Å²) in [5.74, 6) is -2.12. The Morgan fingerprint density at radius 1 is 0.190 bits per heavy atom. The van der Waals surface area contributed by atoms with Crippen LogP contribution in [0.25, 0.3) is 101 Å². The first-order chi connectivity index (χ1) is 67.2. The standard InChI is InChI=1S/C126H82F6N4O/c1-3-81-13-17-83(18-14-81)85-21-33-91(34-22-85)125(93-37-41-95(127)42-38-93)119-11-7-5-9-113(119)115-73-69-109(77-121(115)125)133(105-61-45-97(129)46-62-105)101-53-25-87(26-54-101)89-29-57-103(58-30-89)135(107-65-49-99(131)50-66-107)111-71-75-117-118-76-72-112(80-124(118)137-123(117)79-111)136(108-67-51-100(132)52-68-108)104-59-31-90(32-60-104)88-27-55-102(56-28-88)134(106-63-47-98(130)48-64-106)110-70-74-116-114-10-6-8-12-120(114)126(122(116)78-110,94-39-43-96(128)44-40-94)92-35-23-86(24-36-92)84-19-15-82(4-2)16-20-84/h3-80H,1-2H2. The van der Waals surface area contributed by atoms with Crippen LogP contribution in [0.3, 0.4) is 0 Å². The summed E-state index contributed by atoms with van der Waals surface area (Å²) in [5.41, 5.74) is 31.3. The Balaban J connectivity index is 0.540. The van der Waals surface area contributed by atoms with Crippen molar-refractivity contribution in [3.05, 3.63) is 565 Å². The quantitative estimate of drug-likeness (QED) is 0.0630. The van der Waals surface area contributed by atoms with Crippen LogP contribution >= 0.6 is 0 Å². The summed E-state index contributed by atoms with van der Waals surface area (Å²) in [7, 11) is 0. The van der Waals surface area contributed by atoms with Crippen molar-refractivity contribution in [2.24, 2.45) is 0 Å². The van der Waals surface area contributed by atoms with E-state index in [1.54, 1.807) is 48.5 Å². The van der Waals surface area contributed by atoms with Gasteiger partial charge >= 0.3 is 0 Å². The highest BCUT2D eigenvalue weighted by atomic mass is 19.1. The van der Waals surface area contributed by atoms with E-state index in [4.69, 9.17) is 4.42 Å². The average Bonchev–Trinajstić information content (AvgIpc) is 1.54. The van der Waals surface area contributed by atoms with Gasteiger partial charge in [0.2, 0.25) is 0 Å². The zero-order chi connectivity index (χ0) is 92.6. The number of rotatable bonds is 22. The van der Waals surface area contributed by atoms with Crippen LogP contribution in [0.4, 0.5) is 94.6 Å². The van der Waals surface area contributed by atoms with Crippen LogP contribution < -0.4 is 19.6 Å². The number of nitrogens with zero attached hydrogens (tertiary/aromatic N) is 4. The second kappa shape index (κ2) is 34.6. The average molecular weight is 1780 g/mol. The van der Waals surface area contributed by atoms with Gasteiger partial charge in [0.1, 0.15) is 46.1 Å². The second-order valence-corrected chi connectivity index (χ2v) is 34.8. The SMILES string of the molecule is C=Cc1ccc(-c2ccc(C3(c4ccc(F)cc4)c4ccccc4-c4ccc(N(c5ccc(F)cc5)c5ccc(-c6ccc(N(c7ccc(F)cc7)c7ccc8c(c7)oc7cc(N(c9ccc(F)cc9)c9ccc(-c%10ccc(N(c%11ccc(F)cc%11)c%11ccc%12c(c%11)C(c%11ccc(F)cc%11)(c%11ccc(-c%13ccc(C=C)cc%13)cc%11)c%11ccccc%11-%12)cc%10)cc9)ccc78)cc6)cc5)cc43)cc2)cc1. The van der Waals surface area contributed by atoms with Crippen molar-refractivity contribution in [2.45, 2.75) is 10.8 Å². The Morgan fingerprint density at radius 2 is 0.387 bits per heavy atom. The molecular formula is C126H82F6N4O. The first-order valence-corrected chi connectivity index (χ1v) is 45.5. The van der Waals surface area contributed by atoms with Gasteiger partial charge in [0.05, 0.1) is 10.8 Å². The van der Waals surface area contributed by atoms with E-state index < -0.39 is 10.8 Å². The summed E-state index contributed by atoms with van der Waals surface area (Å²) in [5, 5.41) is 1.77. The maximum atomic E-state index is 15.2. The molecule has 0 saturated carbocycles. The zero-order valence-electron chi connectivity index (χ0n) is 73.9. The molecule has 23 rings (SSSR count). The third-order valence-electron chi connectivity index (χ3n) is 27.2. The van der Waals surface area contributed by atoms with Crippen LogP contribution in [-0.4, -0.2) is 0 Å². The Bertz CT molecular complexity index is 7680. The van der Waals surface area contributed by atoms with Crippen LogP contribution in [0.15, 0.2) is 479 Å². The molecule has 2 unspecified atom stereocenters. The van der Waals surface area contributed by atoms with Crippen LogP contribution in [0.5, 0.6) is 0 Å². The molecule has 0 radical (unpaired) electrons. The van der Waals surface area contributed by atoms with E-state index >= 15 is 17.6 Å². The minimum atomic E-state index is -0.878. The monoisotopic (exact) mass is 1780 g/mol. The van der Waals surface area contributed by atoms with E-state index in [9.17, 15) is 8.78 Å². The molecule has 1 aromatic heterocycles. The van der Waals surface area contributed by atoms with Gasteiger partial charge in [-0.3, -0.25) is 0 Å². The topological polar surface area (TPSA) is 26.1 Å². The van der Waals surface area contributed by atoms with Gasteiger partial charge < -0.3 is 24.0 Å². The lowest BCUT2D eigenvalue weighted by molar-refractivity contribution is 0.624. The number of furan rings is 1. The normalized spacial score (nSPS) is 13.9. The molecule has 654 valence electrons. The summed E-state index contributed by atoms with van der Waals surface area (Å²) in [6.07, 6.45) is 3.67. The van der Waals surface area contributed by atoms with Crippen molar-refractivity contribution in [2.75, 3.05) is 19.6 Å². The first-order valence-electron chi connectivity index (χ1n) is 45.5. The van der Waals surface area contributed by atoms with E-state index in [0.717, 1.165) is 201 Å². The van der Waals surface area contributed by atoms with Crippen LogP contribution in [-0.2, 0) is 10.8 Å². The predicted octanol–water partition coefficient (Wildman–Crippen LogP) is 35.0. The number of anilines is 12. The number of hydrogen-bond acceptors (Lipinski definition) is 5. The molecule has 2 atom stereocenters. The Hall–Kier alpha value is -17.5. The van der Waals surface area contributed by atoms with Gasteiger partial charge in [-0.25, -0.2) is 26.3 Å². The van der Waals surface area contributed by atoms with Gasteiger partial charge in [-0.05, 0) is 341 Å². The summed E-state index contributed by atoms with van der Waals surface area (Å²) < 4.78 is 97.4. The van der Waals surface area contributed by atoms with Crippen molar-refractivity contribution >= 4 is 102 Å². The highest BCUT2D eigenvalue weighted by Crippen LogP contribution is 2.61. The summed E-state index contributed by atoms with van der Waals surface area (Å²) in [6.45, 7) is 7.90. The first kappa shape index (κ1) is 83.8. The molecule has 0 N–H and O–H groups in total. The fourth-order valence-corrected chi connectivity index (χ4v) is 20.6. The fourth-order valence-electron chi connectivity index (χ4n) is 20.6. The van der Waals surface area contributed by atoms with Gasteiger partial charge in [-0.1, -0.05) is 256 Å². The number of benzene rings is 20. The van der Waals surface area contributed by atoms with E-state index in [-0.39, 0.29) is 34.9 Å². The van der Waals surface area contributed by atoms with Gasteiger partial charge in [0, 0.05) is 91.2 Å². The molecule has 0 bridgehead atoms. The maximum Gasteiger partial charge on any atom is 0.137 e. The van der Waals surface area contributed by atoms with Crippen molar-refractivity contribution in [3.8, 4) is 66.8 Å². The lowest BCUT2D eigenvalue weighted by atomic mass is 9.67. The van der Waals surface area contributed by atoms with Crippen molar-refractivity contribution in [3.63, 3.8) is 0 Å². The summed E-state index contributed by atoms with van der Waals surface area (Å²) >= 11 is 0. The third-order valence-corrected chi connectivity index (χ3v) is 27.2.